The molecule has 1 heterocycles. The summed E-state index contributed by atoms with van der Waals surface area (Å²) in [6.07, 6.45) is 23.7. The first-order valence-electron chi connectivity index (χ1n) is 17.3. The summed E-state index contributed by atoms with van der Waals surface area (Å²) in [7, 11) is 0. The van der Waals surface area contributed by atoms with Crippen molar-refractivity contribution in [3.63, 3.8) is 0 Å². The molecule has 0 saturated heterocycles. The second kappa shape index (κ2) is 21.6. The lowest BCUT2D eigenvalue weighted by atomic mass is 10.0. The topological polar surface area (TPSA) is 56.3 Å². The fourth-order valence-corrected chi connectivity index (χ4v) is 5.43. The van der Waals surface area contributed by atoms with Gasteiger partial charge in [0.15, 0.2) is 11.6 Å². The summed E-state index contributed by atoms with van der Waals surface area (Å²) >= 11 is 0. The highest BCUT2D eigenvalue weighted by atomic mass is 19.3. The number of halogens is 1. The summed E-state index contributed by atoms with van der Waals surface area (Å²) in [5, 5.41) is 3.19. The molecular formula is C41H54FN3O2. The molecule has 0 fully saturated rings. The number of ether oxygens (including phenoxy) is 1. The van der Waals surface area contributed by atoms with Crippen molar-refractivity contribution in [3.8, 4) is 28.3 Å². The van der Waals surface area contributed by atoms with Crippen LogP contribution in [0.4, 0.5) is 4.53 Å². The number of rotatable bonds is 24. The van der Waals surface area contributed by atoms with Crippen LogP contribution < -0.4 is 10.1 Å². The molecule has 0 aliphatic heterocycles. The highest BCUT2D eigenvalue weighted by Crippen LogP contribution is 2.24. The summed E-state index contributed by atoms with van der Waals surface area (Å²) in [6, 6.07) is 15.5. The lowest BCUT2D eigenvalue weighted by Crippen LogP contribution is -2.32. The average Bonchev–Trinajstić information content (AvgIpc) is 3.10. The normalized spacial score (nSPS) is 11.9. The monoisotopic (exact) mass is 639 g/mol. The van der Waals surface area contributed by atoms with E-state index < -0.39 is 6.04 Å². The van der Waals surface area contributed by atoms with E-state index in [4.69, 9.17) is 4.74 Å². The molecule has 0 saturated carbocycles. The number of aromatic nitrogens is 2. The summed E-state index contributed by atoms with van der Waals surface area (Å²) in [6.45, 7) is 16.4. The number of benzene rings is 2. The molecule has 0 amide bonds. The summed E-state index contributed by atoms with van der Waals surface area (Å²) < 4.78 is 19.0. The van der Waals surface area contributed by atoms with Crippen LogP contribution in [-0.4, -0.2) is 22.6 Å². The SMILES string of the molecule is C=C/C=C(\C)C(=C)NC(Cc1ccc(-c2ncc(-c3ccc(OCCCCCCCCCCCCCC)cc3)cn2)cc1)C(=C)OF. The number of hydrogen-bond acceptors (Lipinski definition) is 5. The summed E-state index contributed by atoms with van der Waals surface area (Å²) in [4.78, 5) is 13.2. The predicted octanol–water partition coefficient (Wildman–Crippen LogP) is 11.5. The van der Waals surface area contributed by atoms with Crippen LogP contribution in [0.25, 0.3) is 22.5 Å². The molecule has 5 nitrogen and oxygen atoms in total. The third-order valence-corrected chi connectivity index (χ3v) is 8.44. The van der Waals surface area contributed by atoms with Gasteiger partial charge in [0, 0.05) is 33.7 Å². The number of nitrogens with zero attached hydrogens (tertiary/aromatic N) is 2. The largest absolute Gasteiger partial charge is 0.494 e. The third kappa shape index (κ3) is 13.6. The Morgan fingerprint density at radius 3 is 1.89 bits per heavy atom. The second-order valence-electron chi connectivity index (χ2n) is 12.3. The number of hydrogen-bond donors (Lipinski definition) is 1. The van der Waals surface area contributed by atoms with Crippen LogP contribution >= 0.6 is 0 Å². The second-order valence-corrected chi connectivity index (χ2v) is 12.3. The summed E-state index contributed by atoms with van der Waals surface area (Å²) in [5.74, 6) is 1.51. The van der Waals surface area contributed by atoms with Gasteiger partial charge >= 0.3 is 0 Å². The number of unbranched alkanes of at least 4 members (excludes halogenated alkanes) is 11. The Bertz CT molecular complexity index is 1380. The lowest BCUT2D eigenvalue weighted by Gasteiger charge is -2.21. The Labute approximate surface area is 282 Å². The van der Waals surface area contributed by atoms with Crippen molar-refractivity contribution in [1.82, 2.24) is 15.3 Å². The van der Waals surface area contributed by atoms with E-state index in [-0.39, 0.29) is 5.76 Å². The van der Waals surface area contributed by atoms with E-state index in [1.807, 2.05) is 73.9 Å². The fraction of sp³-hybridized carbons (Fsp3) is 0.415. The Morgan fingerprint density at radius 2 is 1.34 bits per heavy atom. The minimum atomic E-state index is -0.492. The molecule has 0 aliphatic rings. The van der Waals surface area contributed by atoms with E-state index in [2.05, 4.69) is 46.9 Å². The first kappa shape index (κ1) is 37.3. The maximum Gasteiger partial charge on any atom is 0.164 e. The molecule has 6 heteroatoms. The van der Waals surface area contributed by atoms with Gasteiger partial charge in [0.05, 0.1) is 12.6 Å². The summed E-state index contributed by atoms with van der Waals surface area (Å²) in [5.41, 5.74) is 5.38. The first-order chi connectivity index (χ1) is 22.9. The van der Waals surface area contributed by atoms with Crippen molar-refractivity contribution in [2.45, 2.75) is 103 Å². The number of allylic oxidation sites excluding steroid dienone is 3. The fourth-order valence-electron chi connectivity index (χ4n) is 5.43. The molecule has 252 valence electrons. The molecule has 3 aromatic rings. The quantitative estimate of drug-likeness (QED) is 0.0600. The molecule has 0 radical (unpaired) electrons. The van der Waals surface area contributed by atoms with E-state index in [0.717, 1.165) is 46.6 Å². The molecule has 1 atom stereocenters. The standard InChI is InChI=1S/C41H54FN3O2/c1-6-8-9-10-11-12-13-14-15-16-17-18-28-46-39-26-24-36(25-27-39)38-30-43-41(44-31-38)37-22-20-35(21-23-37)29-40(34(5)47-42)45-33(4)32(3)19-7-2/h7,19-27,30-31,40,45H,2,4-6,8-18,28-29H2,1,3H3/b32-19+. The molecule has 1 aromatic heterocycles. The molecule has 0 bridgehead atoms. The van der Waals surface area contributed by atoms with Crippen molar-refractivity contribution in [1.29, 1.82) is 0 Å². The Hall–Kier alpha value is -4.19. The van der Waals surface area contributed by atoms with Crippen LogP contribution in [0.3, 0.4) is 0 Å². The minimum absolute atomic E-state index is 0.0141. The van der Waals surface area contributed by atoms with Gasteiger partial charge in [-0.15, -0.1) is 0 Å². The average molecular weight is 640 g/mol. The van der Waals surface area contributed by atoms with Gasteiger partial charge in [0.2, 0.25) is 0 Å². The van der Waals surface area contributed by atoms with Gasteiger partial charge in [-0.05, 0) is 48.6 Å². The first-order valence-corrected chi connectivity index (χ1v) is 17.3. The van der Waals surface area contributed by atoms with Crippen LogP contribution in [0.2, 0.25) is 0 Å². The van der Waals surface area contributed by atoms with Crippen molar-refractivity contribution < 1.29 is 14.2 Å². The van der Waals surface area contributed by atoms with Gasteiger partial charge in [-0.3, -0.25) is 4.94 Å². The van der Waals surface area contributed by atoms with Crippen LogP contribution in [0.5, 0.6) is 5.75 Å². The van der Waals surface area contributed by atoms with Crippen LogP contribution in [0, 0.1) is 0 Å². The van der Waals surface area contributed by atoms with Crippen LogP contribution in [0.1, 0.15) is 96.5 Å². The van der Waals surface area contributed by atoms with Gasteiger partial charge in [0.25, 0.3) is 0 Å². The zero-order chi connectivity index (χ0) is 33.7. The maximum absolute atomic E-state index is 13.0. The molecule has 1 unspecified atom stereocenters. The Morgan fingerprint density at radius 1 is 0.787 bits per heavy atom. The molecular weight excluding hydrogens is 585 g/mol. The van der Waals surface area contributed by atoms with E-state index in [9.17, 15) is 4.53 Å². The zero-order valence-corrected chi connectivity index (χ0v) is 28.6. The molecule has 0 spiro atoms. The molecule has 1 N–H and O–H groups in total. The molecule has 47 heavy (non-hydrogen) atoms. The zero-order valence-electron chi connectivity index (χ0n) is 28.6. The van der Waals surface area contributed by atoms with E-state index in [1.165, 1.54) is 70.6 Å². The number of nitrogens with one attached hydrogen (secondary N) is 1. The Balaban J connectivity index is 1.41. The third-order valence-electron chi connectivity index (χ3n) is 8.44. The van der Waals surface area contributed by atoms with Crippen molar-refractivity contribution in [2.75, 3.05) is 6.61 Å². The maximum atomic E-state index is 13.0. The van der Waals surface area contributed by atoms with Crippen molar-refractivity contribution >= 4 is 0 Å². The molecule has 2 aromatic carbocycles. The van der Waals surface area contributed by atoms with Gasteiger partial charge in [0.1, 0.15) is 5.75 Å². The van der Waals surface area contributed by atoms with Crippen molar-refractivity contribution in [2.24, 2.45) is 0 Å². The van der Waals surface area contributed by atoms with Gasteiger partial charge in [-0.2, -0.15) is 0 Å². The van der Waals surface area contributed by atoms with E-state index in [0.29, 0.717) is 17.9 Å². The molecule has 3 rings (SSSR count). The highest BCUT2D eigenvalue weighted by Gasteiger charge is 2.17. The lowest BCUT2D eigenvalue weighted by molar-refractivity contribution is -0.0903. The van der Waals surface area contributed by atoms with Gasteiger partial charge < -0.3 is 10.1 Å². The Kier molecular flexibility index (Phi) is 17.1. The molecule has 0 aliphatic carbocycles. The smallest absolute Gasteiger partial charge is 0.164 e. The predicted molar refractivity (Wildman–Crippen MR) is 195 cm³/mol. The minimum Gasteiger partial charge on any atom is -0.494 e. The van der Waals surface area contributed by atoms with Crippen LogP contribution in [0.15, 0.2) is 110 Å². The van der Waals surface area contributed by atoms with Gasteiger partial charge in [-0.25, -0.2) is 9.97 Å². The van der Waals surface area contributed by atoms with Crippen LogP contribution in [-0.2, 0) is 11.4 Å². The highest BCUT2D eigenvalue weighted by molar-refractivity contribution is 5.64. The van der Waals surface area contributed by atoms with Crippen molar-refractivity contribution in [3.05, 3.63) is 115 Å². The van der Waals surface area contributed by atoms with E-state index in [1.54, 1.807) is 6.08 Å². The van der Waals surface area contributed by atoms with Gasteiger partial charge in [-0.1, -0.05) is 146 Å². The van der Waals surface area contributed by atoms with E-state index >= 15 is 0 Å².